The minimum absolute atomic E-state index is 0.851. The molecule has 6 nitrogen and oxygen atoms in total. The molecular formula is C32H40N6. The van der Waals surface area contributed by atoms with Crippen LogP contribution in [0.4, 0.5) is 0 Å². The van der Waals surface area contributed by atoms with Crippen LogP contribution in [0.5, 0.6) is 0 Å². The van der Waals surface area contributed by atoms with Gasteiger partial charge < -0.3 is 0 Å². The van der Waals surface area contributed by atoms with Crippen LogP contribution in [0.2, 0.25) is 0 Å². The van der Waals surface area contributed by atoms with Gasteiger partial charge in [-0.25, -0.2) is 19.9 Å². The molecule has 2 aromatic carbocycles. The van der Waals surface area contributed by atoms with Gasteiger partial charge in [0.15, 0.2) is 11.6 Å². The number of hydrogen-bond acceptors (Lipinski definition) is 4. The molecule has 0 atom stereocenters. The van der Waals surface area contributed by atoms with Crippen molar-refractivity contribution in [3.63, 3.8) is 0 Å². The Morgan fingerprint density at radius 2 is 1.00 bits per heavy atom. The Morgan fingerprint density at radius 3 is 1.39 bits per heavy atom. The number of nitrogens with zero attached hydrogens (tertiary/aromatic N) is 6. The molecule has 5 rings (SSSR count). The first-order chi connectivity index (χ1) is 18.7. The largest absolute Gasteiger partial charge is 0.281 e. The molecular weight excluding hydrogens is 468 g/mol. The van der Waals surface area contributed by atoms with Crippen LogP contribution in [0.15, 0.2) is 49.1 Å². The maximum Gasteiger partial charge on any atom is 0.160 e. The van der Waals surface area contributed by atoms with Crippen LogP contribution in [0.3, 0.4) is 0 Å². The Labute approximate surface area is 226 Å². The minimum Gasteiger partial charge on any atom is -0.281 e. The molecule has 3 heterocycles. The highest BCUT2D eigenvalue weighted by molar-refractivity contribution is 5.79. The molecule has 0 radical (unpaired) electrons. The smallest absolute Gasteiger partial charge is 0.160 e. The van der Waals surface area contributed by atoms with E-state index in [1.54, 1.807) is 0 Å². The molecule has 5 aromatic rings. The normalized spacial score (nSPS) is 11.7. The summed E-state index contributed by atoms with van der Waals surface area (Å²) in [5.74, 6) is 1.79. The number of aromatic nitrogens is 6. The zero-order chi connectivity index (χ0) is 26.5. The van der Waals surface area contributed by atoms with E-state index in [9.17, 15) is 0 Å². The van der Waals surface area contributed by atoms with E-state index in [1.165, 1.54) is 36.8 Å². The van der Waals surface area contributed by atoms with Crippen LogP contribution in [-0.2, 0) is 25.7 Å². The first-order valence-corrected chi connectivity index (χ1v) is 14.5. The molecule has 0 fully saturated rings. The van der Waals surface area contributed by atoms with Gasteiger partial charge in [0.25, 0.3) is 0 Å². The second kappa shape index (κ2) is 11.9. The molecule has 0 saturated carbocycles. The average molecular weight is 509 g/mol. The van der Waals surface area contributed by atoms with Gasteiger partial charge in [0, 0.05) is 0 Å². The van der Waals surface area contributed by atoms with Crippen LogP contribution in [0.1, 0.15) is 88.7 Å². The van der Waals surface area contributed by atoms with E-state index in [0.717, 1.165) is 83.6 Å². The topological polar surface area (TPSA) is 61.4 Å². The third-order valence-corrected chi connectivity index (χ3v) is 7.29. The Kier molecular flexibility index (Phi) is 8.16. The van der Waals surface area contributed by atoms with Crippen molar-refractivity contribution >= 4 is 22.1 Å². The number of imidazole rings is 2. The molecule has 0 N–H and O–H groups in total. The lowest BCUT2D eigenvalue weighted by Crippen LogP contribution is -2.13. The summed E-state index contributed by atoms with van der Waals surface area (Å²) in [5, 5.41) is 0. The van der Waals surface area contributed by atoms with Gasteiger partial charge in [0.05, 0.1) is 33.5 Å². The molecule has 0 aliphatic carbocycles. The Hall–Kier alpha value is -3.54. The minimum atomic E-state index is 0.851. The SMILES string of the molecule is CCCCc1ccc2c(c1)ncn2-c1nc(CCC)c(-n2cnc3cc(CCCC)ccc32)nc1CCC. The van der Waals surface area contributed by atoms with Gasteiger partial charge in [-0.1, -0.05) is 65.5 Å². The molecule has 3 aromatic heterocycles. The van der Waals surface area contributed by atoms with E-state index >= 15 is 0 Å². The van der Waals surface area contributed by atoms with E-state index in [0.29, 0.717) is 0 Å². The summed E-state index contributed by atoms with van der Waals surface area (Å²) in [6.07, 6.45) is 14.5. The lowest BCUT2D eigenvalue weighted by Gasteiger charge is -2.16. The van der Waals surface area contributed by atoms with E-state index in [2.05, 4.69) is 73.2 Å². The van der Waals surface area contributed by atoms with E-state index in [4.69, 9.17) is 19.9 Å². The standard InChI is InChI=1S/C32H40N6/c1-5-9-13-23-15-17-29-27(19-23)33-21-37(29)31-25(11-7-3)36-32(26(35-31)12-8-4)38-22-34-28-20-24(14-10-6-2)16-18-30(28)38/h15-22H,5-14H2,1-4H3. The van der Waals surface area contributed by atoms with Crippen molar-refractivity contribution in [1.82, 2.24) is 29.1 Å². The number of rotatable bonds is 12. The van der Waals surface area contributed by atoms with Crippen LogP contribution < -0.4 is 0 Å². The lowest BCUT2D eigenvalue weighted by atomic mass is 10.1. The van der Waals surface area contributed by atoms with E-state index < -0.39 is 0 Å². The number of hydrogen-bond donors (Lipinski definition) is 0. The van der Waals surface area contributed by atoms with Gasteiger partial charge in [-0.15, -0.1) is 0 Å². The highest BCUT2D eigenvalue weighted by atomic mass is 15.2. The van der Waals surface area contributed by atoms with Gasteiger partial charge in [-0.2, -0.15) is 0 Å². The molecule has 0 spiro atoms. The van der Waals surface area contributed by atoms with E-state index in [1.807, 2.05) is 12.7 Å². The Morgan fingerprint density at radius 1 is 0.553 bits per heavy atom. The number of fused-ring (bicyclic) bond motifs is 2. The molecule has 0 unspecified atom stereocenters. The number of unbranched alkanes of at least 4 members (excludes halogenated alkanes) is 2. The summed E-state index contributed by atoms with van der Waals surface area (Å²) >= 11 is 0. The summed E-state index contributed by atoms with van der Waals surface area (Å²) in [6, 6.07) is 13.3. The zero-order valence-electron chi connectivity index (χ0n) is 23.4. The zero-order valence-corrected chi connectivity index (χ0v) is 23.4. The maximum absolute atomic E-state index is 5.28. The van der Waals surface area contributed by atoms with Crippen molar-refractivity contribution in [1.29, 1.82) is 0 Å². The van der Waals surface area contributed by atoms with Gasteiger partial charge in [-0.3, -0.25) is 9.13 Å². The third kappa shape index (κ3) is 5.22. The summed E-state index contributed by atoms with van der Waals surface area (Å²) in [5.41, 5.74) is 8.88. The average Bonchev–Trinajstić information content (AvgIpc) is 3.55. The van der Waals surface area contributed by atoms with Gasteiger partial charge in [0.1, 0.15) is 12.7 Å². The summed E-state index contributed by atoms with van der Waals surface area (Å²) < 4.78 is 4.26. The molecule has 0 saturated heterocycles. The quantitative estimate of drug-likeness (QED) is 0.173. The highest BCUT2D eigenvalue weighted by Crippen LogP contribution is 2.27. The molecule has 0 aliphatic rings. The Balaban J connectivity index is 1.61. The van der Waals surface area contributed by atoms with Crippen molar-refractivity contribution in [2.24, 2.45) is 0 Å². The lowest BCUT2D eigenvalue weighted by molar-refractivity contribution is 0.779. The van der Waals surface area contributed by atoms with Crippen molar-refractivity contribution in [3.8, 4) is 11.6 Å². The van der Waals surface area contributed by atoms with Crippen LogP contribution in [-0.4, -0.2) is 29.1 Å². The predicted octanol–water partition coefficient (Wildman–Crippen LogP) is 7.74. The molecule has 198 valence electrons. The molecule has 0 amide bonds. The molecule has 0 aliphatic heterocycles. The van der Waals surface area contributed by atoms with Crippen LogP contribution in [0, 0.1) is 0 Å². The fourth-order valence-corrected chi connectivity index (χ4v) is 5.21. The molecule has 0 bridgehead atoms. The van der Waals surface area contributed by atoms with Crippen LogP contribution in [0.25, 0.3) is 33.7 Å². The van der Waals surface area contributed by atoms with Gasteiger partial charge in [0.2, 0.25) is 0 Å². The first-order valence-electron chi connectivity index (χ1n) is 14.5. The molecule has 38 heavy (non-hydrogen) atoms. The van der Waals surface area contributed by atoms with Crippen molar-refractivity contribution < 1.29 is 0 Å². The number of aryl methyl sites for hydroxylation is 4. The fourth-order valence-electron chi connectivity index (χ4n) is 5.21. The Bertz CT molecular complexity index is 1410. The van der Waals surface area contributed by atoms with Crippen molar-refractivity contribution in [2.45, 2.75) is 91.9 Å². The molecule has 6 heteroatoms. The second-order valence-corrected chi connectivity index (χ2v) is 10.3. The predicted molar refractivity (Wildman–Crippen MR) is 157 cm³/mol. The summed E-state index contributed by atoms with van der Waals surface area (Å²) in [6.45, 7) is 8.86. The van der Waals surface area contributed by atoms with Crippen molar-refractivity contribution in [2.75, 3.05) is 0 Å². The fraction of sp³-hybridized carbons (Fsp3) is 0.438. The number of benzene rings is 2. The van der Waals surface area contributed by atoms with Gasteiger partial charge >= 0.3 is 0 Å². The van der Waals surface area contributed by atoms with Crippen molar-refractivity contribution in [3.05, 3.63) is 71.6 Å². The first kappa shape index (κ1) is 26.1. The maximum atomic E-state index is 5.28. The third-order valence-electron chi connectivity index (χ3n) is 7.29. The summed E-state index contributed by atoms with van der Waals surface area (Å²) in [4.78, 5) is 20.1. The second-order valence-electron chi connectivity index (χ2n) is 10.3. The highest BCUT2D eigenvalue weighted by Gasteiger charge is 2.19. The van der Waals surface area contributed by atoms with Crippen LogP contribution >= 0.6 is 0 Å². The van der Waals surface area contributed by atoms with E-state index in [-0.39, 0.29) is 0 Å². The summed E-state index contributed by atoms with van der Waals surface area (Å²) in [7, 11) is 0. The monoisotopic (exact) mass is 508 g/mol. The van der Waals surface area contributed by atoms with Gasteiger partial charge in [-0.05, 0) is 73.9 Å².